The van der Waals surface area contributed by atoms with E-state index >= 15 is 0 Å². The smallest absolute Gasteiger partial charge is 0.410 e. The number of piperazine rings is 1. The van der Waals surface area contributed by atoms with Gasteiger partial charge in [-0.1, -0.05) is 12.1 Å². The Morgan fingerprint density at radius 2 is 1.70 bits per heavy atom. The second kappa shape index (κ2) is 12.3. The molecule has 3 N–H and O–H groups in total. The summed E-state index contributed by atoms with van der Waals surface area (Å²) in [6.07, 6.45) is 2.59. The van der Waals surface area contributed by atoms with E-state index in [2.05, 4.69) is 10.3 Å². The Morgan fingerprint density at radius 3 is 2.27 bits per heavy atom. The minimum absolute atomic E-state index is 0. The molecule has 0 bridgehead atoms. The summed E-state index contributed by atoms with van der Waals surface area (Å²) in [7, 11) is 0. The van der Waals surface area contributed by atoms with Gasteiger partial charge >= 0.3 is 6.09 Å². The molecule has 33 heavy (non-hydrogen) atoms. The molecule has 0 unspecified atom stereocenters. The van der Waals surface area contributed by atoms with Gasteiger partial charge < -0.3 is 30.3 Å². The zero-order chi connectivity index (χ0) is 23.1. The standard InChI is InChI=1S/C23H35N5O4.HI/c1-23(2,3)32-22(30)28-14-12-27(13-15-28)21(24)25-11-10-17-4-8-19(9-5-17)31-16-20(29)26-18-6-7-18;/h4-5,8-9,18H,6-7,10-16H2,1-3H3,(H2,24,25)(H,26,29);1H. The summed E-state index contributed by atoms with van der Waals surface area (Å²) < 4.78 is 10.9. The number of rotatable bonds is 7. The third-order valence-corrected chi connectivity index (χ3v) is 5.17. The number of carbonyl (C=O) groups excluding carboxylic acids is 2. The van der Waals surface area contributed by atoms with Gasteiger partial charge in [0.1, 0.15) is 11.4 Å². The monoisotopic (exact) mass is 573 g/mol. The fourth-order valence-corrected chi connectivity index (χ4v) is 3.24. The number of nitrogens with zero attached hydrogens (tertiary/aromatic N) is 3. The zero-order valence-corrected chi connectivity index (χ0v) is 22.0. The topological polar surface area (TPSA) is 109 Å². The molecule has 1 aromatic carbocycles. The fourth-order valence-electron chi connectivity index (χ4n) is 3.24. The Bertz CT molecular complexity index is 813. The van der Waals surface area contributed by atoms with E-state index in [9.17, 15) is 9.59 Å². The van der Waals surface area contributed by atoms with Crippen molar-refractivity contribution in [3.8, 4) is 5.75 Å². The van der Waals surface area contributed by atoms with Crippen LogP contribution in [0.25, 0.3) is 0 Å². The molecule has 1 saturated heterocycles. The van der Waals surface area contributed by atoms with Crippen LogP contribution in [-0.2, 0) is 16.0 Å². The molecule has 10 heteroatoms. The lowest BCUT2D eigenvalue weighted by Crippen LogP contribution is -2.53. The lowest BCUT2D eigenvalue weighted by atomic mass is 10.1. The van der Waals surface area contributed by atoms with E-state index < -0.39 is 5.60 Å². The van der Waals surface area contributed by atoms with Crippen LogP contribution >= 0.6 is 24.0 Å². The van der Waals surface area contributed by atoms with Crippen LogP contribution in [0.1, 0.15) is 39.2 Å². The predicted molar refractivity (Wildman–Crippen MR) is 138 cm³/mol. The maximum Gasteiger partial charge on any atom is 0.410 e. The number of halogens is 1. The van der Waals surface area contributed by atoms with E-state index in [1.54, 1.807) is 4.90 Å². The Kier molecular flexibility index (Phi) is 10.1. The number of carbonyl (C=O) groups is 2. The van der Waals surface area contributed by atoms with Crippen molar-refractivity contribution in [1.82, 2.24) is 15.1 Å². The number of nitrogens with two attached hydrogens (primary N) is 1. The summed E-state index contributed by atoms with van der Waals surface area (Å²) in [6.45, 7) is 8.59. The molecular weight excluding hydrogens is 537 g/mol. The lowest BCUT2D eigenvalue weighted by Gasteiger charge is -2.36. The molecule has 2 aliphatic rings. The normalized spacial score (nSPS) is 16.6. The number of hydrogen-bond acceptors (Lipinski definition) is 5. The van der Waals surface area contributed by atoms with Crippen LogP contribution in [0.5, 0.6) is 5.75 Å². The first-order valence-electron chi connectivity index (χ1n) is 11.2. The predicted octanol–water partition coefficient (Wildman–Crippen LogP) is 2.37. The highest BCUT2D eigenvalue weighted by molar-refractivity contribution is 14.0. The van der Waals surface area contributed by atoms with Crippen molar-refractivity contribution in [1.29, 1.82) is 0 Å². The van der Waals surface area contributed by atoms with Crippen LogP contribution in [-0.4, -0.2) is 78.7 Å². The van der Waals surface area contributed by atoms with Crippen LogP contribution in [0.3, 0.4) is 0 Å². The fraction of sp³-hybridized carbons (Fsp3) is 0.609. The van der Waals surface area contributed by atoms with E-state index in [1.807, 2.05) is 49.9 Å². The number of nitrogens with one attached hydrogen (secondary N) is 1. The van der Waals surface area contributed by atoms with Crippen molar-refractivity contribution in [3.63, 3.8) is 0 Å². The first-order valence-corrected chi connectivity index (χ1v) is 11.2. The SMILES string of the molecule is CC(C)(C)OC(=O)N1CCN(C(N)=NCCc2ccc(OCC(=O)NC3CC3)cc2)CC1.I. The molecule has 0 aromatic heterocycles. The molecule has 9 nitrogen and oxygen atoms in total. The van der Waals surface area contributed by atoms with Crippen molar-refractivity contribution in [2.45, 2.75) is 51.7 Å². The third kappa shape index (κ3) is 9.65. The zero-order valence-electron chi connectivity index (χ0n) is 19.7. The van der Waals surface area contributed by atoms with Crippen molar-refractivity contribution < 1.29 is 19.1 Å². The summed E-state index contributed by atoms with van der Waals surface area (Å²) in [4.78, 5) is 32.0. The van der Waals surface area contributed by atoms with Gasteiger partial charge in [0.15, 0.2) is 12.6 Å². The molecular formula is C23H36IN5O4. The van der Waals surface area contributed by atoms with Crippen molar-refractivity contribution in [2.24, 2.45) is 10.7 Å². The number of hydrogen-bond donors (Lipinski definition) is 2. The second-order valence-corrected chi connectivity index (χ2v) is 9.22. The molecule has 3 rings (SSSR count). The van der Waals surface area contributed by atoms with Crippen LogP contribution < -0.4 is 15.8 Å². The first-order chi connectivity index (χ1) is 15.2. The Labute approximate surface area is 213 Å². The van der Waals surface area contributed by atoms with E-state index in [0.717, 1.165) is 24.8 Å². The lowest BCUT2D eigenvalue weighted by molar-refractivity contribution is -0.123. The van der Waals surface area contributed by atoms with Gasteiger partial charge in [0, 0.05) is 38.8 Å². The number of aliphatic imine (C=N–C) groups is 1. The quantitative estimate of drug-likeness (QED) is 0.295. The van der Waals surface area contributed by atoms with Gasteiger partial charge in [0.05, 0.1) is 0 Å². The van der Waals surface area contributed by atoms with Gasteiger partial charge in [-0.3, -0.25) is 9.79 Å². The molecule has 0 spiro atoms. The van der Waals surface area contributed by atoms with Gasteiger partial charge in [-0.15, -0.1) is 24.0 Å². The third-order valence-electron chi connectivity index (χ3n) is 5.17. The van der Waals surface area contributed by atoms with Gasteiger partial charge in [0.2, 0.25) is 0 Å². The molecule has 0 atom stereocenters. The second-order valence-electron chi connectivity index (χ2n) is 9.22. The Balaban J connectivity index is 0.00000385. The van der Waals surface area contributed by atoms with Gasteiger partial charge in [0.25, 0.3) is 5.91 Å². The van der Waals surface area contributed by atoms with Gasteiger partial charge in [-0.25, -0.2) is 4.79 Å². The highest BCUT2D eigenvalue weighted by Gasteiger charge is 2.26. The van der Waals surface area contributed by atoms with E-state index in [-0.39, 0.29) is 42.6 Å². The number of benzene rings is 1. The Hall–Kier alpha value is -2.24. The van der Waals surface area contributed by atoms with Crippen LogP contribution in [0, 0.1) is 0 Å². The Morgan fingerprint density at radius 1 is 1.09 bits per heavy atom. The first kappa shape index (κ1) is 27.0. The largest absolute Gasteiger partial charge is 0.484 e. The highest BCUT2D eigenvalue weighted by Crippen LogP contribution is 2.18. The average Bonchev–Trinajstić information content (AvgIpc) is 3.56. The molecule has 2 amide bonds. The van der Waals surface area contributed by atoms with E-state index in [4.69, 9.17) is 15.2 Å². The maximum absolute atomic E-state index is 12.2. The summed E-state index contributed by atoms with van der Waals surface area (Å²) in [5, 5.41) is 2.90. The molecule has 184 valence electrons. The van der Waals surface area contributed by atoms with Gasteiger partial charge in [-0.2, -0.15) is 0 Å². The molecule has 2 fully saturated rings. The van der Waals surface area contributed by atoms with Crippen molar-refractivity contribution >= 4 is 41.9 Å². The summed E-state index contributed by atoms with van der Waals surface area (Å²) in [5.41, 5.74) is 6.77. The molecule has 1 aliphatic carbocycles. The van der Waals surface area contributed by atoms with Gasteiger partial charge in [-0.05, 0) is 57.7 Å². The number of ether oxygens (including phenoxy) is 2. The van der Waals surface area contributed by atoms with Crippen molar-refractivity contribution in [3.05, 3.63) is 29.8 Å². The van der Waals surface area contributed by atoms with Crippen LogP contribution in [0.4, 0.5) is 4.79 Å². The number of amides is 2. The van der Waals surface area contributed by atoms with Crippen LogP contribution in [0.15, 0.2) is 29.3 Å². The van der Waals surface area contributed by atoms with E-state index in [0.29, 0.717) is 50.5 Å². The summed E-state index contributed by atoms with van der Waals surface area (Å²) in [6, 6.07) is 8.01. The molecule has 1 heterocycles. The average molecular weight is 573 g/mol. The summed E-state index contributed by atoms with van der Waals surface area (Å²) >= 11 is 0. The molecule has 1 saturated carbocycles. The van der Waals surface area contributed by atoms with Crippen molar-refractivity contribution in [2.75, 3.05) is 39.3 Å². The summed E-state index contributed by atoms with van der Waals surface area (Å²) in [5.74, 6) is 1.09. The van der Waals surface area contributed by atoms with Crippen LogP contribution in [0.2, 0.25) is 0 Å². The molecule has 0 radical (unpaired) electrons. The number of guanidine groups is 1. The maximum atomic E-state index is 12.2. The minimum Gasteiger partial charge on any atom is -0.484 e. The molecule has 1 aliphatic heterocycles. The van der Waals surface area contributed by atoms with E-state index in [1.165, 1.54) is 0 Å². The highest BCUT2D eigenvalue weighted by atomic mass is 127. The minimum atomic E-state index is -0.496. The molecule has 1 aromatic rings.